The number of hydrogen-bond donors (Lipinski definition) is 0. The van der Waals surface area contributed by atoms with E-state index in [9.17, 15) is 8.78 Å². The van der Waals surface area contributed by atoms with Gasteiger partial charge in [-0.3, -0.25) is 0 Å². The highest BCUT2D eigenvalue weighted by molar-refractivity contribution is 5.46. The number of hydrogen-bond acceptors (Lipinski definition) is 1. The highest BCUT2D eigenvalue weighted by Gasteiger charge is 2.35. The van der Waals surface area contributed by atoms with Gasteiger partial charge in [0.1, 0.15) is 17.4 Å². The molecule has 1 nitrogen and oxygen atoms in total. The Morgan fingerprint density at radius 2 is 1.73 bits per heavy atom. The van der Waals surface area contributed by atoms with Crippen molar-refractivity contribution >= 4 is 0 Å². The van der Waals surface area contributed by atoms with Gasteiger partial charge in [-0.15, -0.1) is 6.58 Å². The standard InChI is InChI=1S/C27H28F2O/c1-3-18-4-8-22-16-23(10-9-21(22)14-18)25-13-6-19(15-27(25)29)5-7-20-11-12-24(30-2)17-26(20)28/h3,6,11-13,15,17-18,21-23H,1,4,8-10,14,16H2,2H3. The summed E-state index contributed by atoms with van der Waals surface area (Å²) in [6, 6.07) is 9.76. The zero-order chi connectivity index (χ0) is 21.1. The van der Waals surface area contributed by atoms with Gasteiger partial charge in [0, 0.05) is 11.6 Å². The number of methoxy groups -OCH3 is 1. The van der Waals surface area contributed by atoms with E-state index in [1.807, 2.05) is 12.1 Å². The molecule has 0 saturated heterocycles. The number of halogens is 2. The van der Waals surface area contributed by atoms with Crippen molar-refractivity contribution in [3.63, 3.8) is 0 Å². The van der Waals surface area contributed by atoms with Crippen molar-refractivity contribution in [1.29, 1.82) is 0 Å². The first-order valence-corrected chi connectivity index (χ1v) is 10.8. The van der Waals surface area contributed by atoms with E-state index in [4.69, 9.17) is 4.74 Å². The Hall–Kier alpha value is -2.60. The van der Waals surface area contributed by atoms with E-state index >= 15 is 0 Å². The average molecular weight is 407 g/mol. The highest BCUT2D eigenvalue weighted by atomic mass is 19.1. The van der Waals surface area contributed by atoms with Gasteiger partial charge < -0.3 is 4.74 Å². The van der Waals surface area contributed by atoms with Gasteiger partial charge in [-0.25, -0.2) is 8.78 Å². The summed E-state index contributed by atoms with van der Waals surface area (Å²) in [5.41, 5.74) is 1.64. The van der Waals surface area contributed by atoms with Gasteiger partial charge in [-0.2, -0.15) is 0 Å². The van der Waals surface area contributed by atoms with E-state index in [2.05, 4.69) is 24.5 Å². The lowest BCUT2D eigenvalue weighted by molar-refractivity contribution is 0.132. The Balaban J connectivity index is 1.46. The van der Waals surface area contributed by atoms with Gasteiger partial charge in [0.15, 0.2) is 0 Å². The average Bonchev–Trinajstić information content (AvgIpc) is 2.77. The second-order valence-corrected chi connectivity index (χ2v) is 8.67. The molecule has 2 aromatic carbocycles. The van der Waals surface area contributed by atoms with Crippen molar-refractivity contribution in [3.05, 3.63) is 77.4 Å². The third kappa shape index (κ3) is 4.43. The maximum absolute atomic E-state index is 14.9. The number of allylic oxidation sites excluding steroid dienone is 1. The minimum absolute atomic E-state index is 0.194. The molecule has 2 fully saturated rings. The van der Waals surface area contributed by atoms with Crippen LogP contribution in [0.4, 0.5) is 8.78 Å². The summed E-state index contributed by atoms with van der Waals surface area (Å²) in [4.78, 5) is 0. The topological polar surface area (TPSA) is 9.23 Å². The largest absolute Gasteiger partial charge is 0.497 e. The van der Waals surface area contributed by atoms with E-state index in [0.29, 0.717) is 23.1 Å². The molecule has 4 rings (SSSR count). The van der Waals surface area contributed by atoms with Crippen LogP contribution in [0.1, 0.15) is 61.1 Å². The lowest BCUT2D eigenvalue weighted by Gasteiger charge is -2.41. The molecule has 4 atom stereocenters. The predicted octanol–water partition coefficient (Wildman–Crippen LogP) is 6.86. The molecule has 0 bridgehead atoms. The van der Waals surface area contributed by atoms with Gasteiger partial charge >= 0.3 is 0 Å². The molecule has 2 aromatic rings. The SMILES string of the molecule is C=CC1CCC2CC(c3ccc(C#Cc4ccc(OC)cc4F)cc3F)CCC2C1. The van der Waals surface area contributed by atoms with Crippen LogP contribution in [0, 0.1) is 41.2 Å². The Labute approximate surface area is 178 Å². The van der Waals surface area contributed by atoms with E-state index in [-0.39, 0.29) is 17.3 Å². The van der Waals surface area contributed by atoms with Crippen LogP contribution in [-0.2, 0) is 0 Å². The number of benzene rings is 2. The summed E-state index contributed by atoms with van der Waals surface area (Å²) in [7, 11) is 1.49. The fourth-order valence-electron chi connectivity index (χ4n) is 5.22. The number of fused-ring (bicyclic) bond motifs is 1. The van der Waals surface area contributed by atoms with E-state index in [0.717, 1.165) is 24.3 Å². The van der Waals surface area contributed by atoms with Gasteiger partial charge in [0.25, 0.3) is 0 Å². The highest BCUT2D eigenvalue weighted by Crippen LogP contribution is 2.48. The minimum Gasteiger partial charge on any atom is -0.497 e. The summed E-state index contributed by atoms with van der Waals surface area (Å²) < 4.78 is 34.0. The van der Waals surface area contributed by atoms with Crippen molar-refractivity contribution in [2.24, 2.45) is 17.8 Å². The summed E-state index contributed by atoms with van der Waals surface area (Å²) >= 11 is 0. The van der Waals surface area contributed by atoms with E-state index < -0.39 is 5.82 Å². The summed E-state index contributed by atoms with van der Waals surface area (Å²) in [5, 5.41) is 0. The lowest BCUT2D eigenvalue weighted by atomic mass is 9.64. The van der Waals surface area contributed by atoms with Crippen LogP contribution in [0.5, 0.6) is 5.75 Å². The van der Waals surface area contributed by atoms with Crippen molar-refractivity contribution in [2.75, 3.05) is 7.11 Å². The van der Waals surface area contributed by atoms with Crippen LogP contribution in [-0.4, -0.2) is 7.11 Å². The summed E-state index contributed by atoms with van der Waals surface area (Å²) in [6.07, 6.45) is 9.11. The second kappa shape index (κ2) is 9.04. The normalized spacial score (nSPS) is 25.6. The fourth-order valence-corrected chi connectivity index (χ4v) is 5.22. The molecule has 0 spiro atoms. The molecule has 2 aliphatic carbocycles. The Morgan fingerprint density at radius 1 is 0.933 bits per heavy atom. The number of ether oxygens (including phenoxy) is 1. The molecular formula is C27H28F2O. The van der Waals surface area contributed by atoms with Crippen molar-refractivity contribution in [1.82, 2.24) is 0 Å². The van der Waals surface area contributed by atoms with Crippen molar-refractivity contribution in [2.45, 2.75) is 44.4 Å². The van der Waals surface area contributed by atoms with Crippen LogP contribution >= 0.6 is 0 Å². The Morgan fingerprint density at radius 3 is 2.47 bits per heavy atom. The molecule has 3 heteroatoms. The monoisotopic (exact) mass is 406 g/mol. The molecular weight excluding hydrogens is 378 g/mol. The third-order valence-electron chi connectivity index (χ3n) is 6.94. The molecule has 156 valence electrons. The van der Waals surface area contributed by atoms with Crippen LogP contribution < -0.4 is 4.74 Å². The van der Waals surface area contributed by atoms with Crippen LogP contribution in [0.2, 0.25) is 0 Å². The zero-order valence-corrected chi connectivity index (χ0v) is 17.5. The first-order valence-electron chi connectivity index (χ1n) is 10.8. The number of rotatable bonds is 3. The molecule has 30 heavy (non-hydrogen) atoms. The molecule has 2 saturated carbocycles. The van der Waals surface area contributed by atoms with Crippen LogP contribution in [0.25, 0.3) is 0 Å². The first kappa shape index (κ1) is 20.7. The van der Waals surface area contributed by atoms with Gasteiger partial charge in [0.05, 0.1) is 12.7 Å². The van der Waals surface area contributed by atoms with Gasteiger partial charge in [-0.1, -0.05) is 24.0 Å². The molecule has 0 heterocycles. The third-order valence-corrected chi connectivity index (χ3v) is 6.94. The van der Waals surface area contributed by atoms with Gasteiger partial charge in [0.2, 0.25) is 0 Å². The molecule has 2 aliphatic rings. The first-order chi connectivity index (χ1) is 14.6. The summed E-state index contributed by atoms with van der Waals surface area (Å²) in [6.45, 7) is 3.96. The summed E-state index contributed by atoms with van der Waals surface area (Å²) in [5.74, 6) is 7.91. The minimum atomic E-state index is -0.443. The predicted molar refractivity (Wildman–Crippen MR) is 116 cm³/mol. The molecule has 0 aliphatic heterocycles. The molecule has 0 amide bonds. The molecule has 0 radical (unpaired) electrons. The Bertz CT molecular complexity index is 984. The van der Waals surface area contributed by atoms with Crippen molar-refractivity contribution < 1.29 is 13.5 Å². The quantitative estimate of drug-likeness (QED) is 0.400. The molecule has 0 N–H and O–H groups in total. The zero-order valence-electron chi connectivity index (χ0n) is 17.5. The molecule has 4 unspecified atom stereocenters. The van der Waals surface area contributed by atoms with Crippen molar-refractivity contribution in [3.8, 4) is 17.6 Å². The smallest absolute Gasteiger partial charge is 0.142 e. The van der Waals surface area contributed by atoms with E-state index in [1.165, 1.54) is 44.9 Å². The molecule has 0 aromatic heterocycles. The Kier molecular flexibility index (Phi) is 6.23. The lowest BCUT2D eigenvalue weighted by Crippen LogP contribution is -2.30. The maximum atomic E-state index is 14.9. The fraction of sp³-hybridized carbons (Fsp3) is 0.407. The maximum Gasteiger partial charge on any atom is 0.142 e. The van der Waals surface area contributed by atoms with E-state index in [1.54, 1.807) is 12.1 Å². The van der Waals surface area contributed by atoms with Crippen LogP contribution in [0.3, 0.4) is 0 Å². The second-order valence-electron chi connectivity index (χ2n) is 8.67. The van der Waals surface area contributed by atoms with Gasteiger partial charge in [-0.05, 0) is 92.0 Å². The van der Waals surface area contributed by atoms with Crippen LogP contribution in [0.15, 0.2) is 49.1 Å².